The molecule has 0 unspecified atom stereocenters. The molecule has 1 aromatic rings. The number of hydrogen-bond acceptors (Lipinski definition) is 1. The van der Waals surface area contributed by atoms with E-state index < -0.39 is 23.4 Å². The predicted molar refractivity (Wildman–Crippen MR) is 43.8 cm³/mol. The molecule has 1 aromatic carbocycles. The summed E-state index contributed by atoms with van der Waals surface area (Å²) in [6, 6.07) is 1.91. The lowest BCUT2D eigenvalue weighted by Crippen LogP contribution is -2.12. The molecule has 2 N–H and O–H groups in total. The second kappa shape index (κ2) is 4.13. The maximum Gasteiger partial charge on any atom is 0.217 e. The Labute approximate surface area is 78.5 Å². The lowest BCUT2D eigenvalue weighted by molar-refractivity contribution is -0.117. The fourth-order valence-electron chi connectivity index (χ4n) is 1.02. The van der Waals surface area contributed by atoms with Crippen molar-refractivity contribution in [3.05, 3.63) is 35.1 Å². The van der Waals surface area contributed by atoms with Crippen molar-refractivity contribution >= 4 is 5.91 Å². The largest absolute Gasteiger partial charge is 0.370 e. The quantitative estimate of drug-likeness (QED) is 0.743. The second-order valence-electron chi connectivity index (χ2n) is 2.80. The van der Waals surface area contributed by atoms with Gasteiger partial charge in [-0.05, 0) is 18.1 Å². The molecule has 76 valence electrons. The molecule has 1 rings (SSSR count). The van der Waals surface area contributed by atoms with E-state index in [2.05, 4.69) is 0 Å². The molecule has 0 atom stereocenters. The molecule has 2 nitrogen and oxygen atoms in total. The van der Waals surface area contributed by atoms with Gasteiger partial charge in [-0.2, -0.15) is 0 Å². The van der Waals surface area contributed by atoms with Crippen molar-refractivity contribution in [2.24, 2.45) is 5.73 Å². The SMILES string of the molecule is NC(=O)CCc1ccc(F)c(F)c1F. The van der Waals surface area contributed by atoms with Crippen molar-refractivity contribution in [3.8, 4) is 0 Å². The molecular formula is C9H8F3NO. The zero-order valence-electron chi connectivity index (χ0n) is 7.19. The van der Waals surface area contributed by atoms with E-state index in [9.17, 15) is 18.0 Å². The zero-order valence-corrected chi connectivity index (χ0v) is 7.19. The van der Waals surface area contributed by atoms with E-state index in [1.807, 2.05) is 0 Å². The summed E-state index contributed by atoms with van der Waals surface area (Å²) in [7, 11) is 0. The Bertz CT molecular complexity index is 365. The van der Waals surface area contributed by atoms with Crippen molar-refractivity contribution < 1.29 is 18.0 Å². The fourth-order valence-corrected chi connectivity index (χ4v) is 1.02. The minimum atomic E-state index is -1.52. The topological polar surface area (TPSA) is 43.1 Å². The van der Waals surface area contributed by atoms with Gasteiger partial charge in [-0.25, -0.2) is 13.2 Å². The number of amides is 1. The summed E-state index contributed by atoms with van der Waals surface area (Å²) < 4.78 is 38.0. The van der Waals surface area contributed by atoms with Gasteiger partial charge in [0.15, 0.2) is 17.5 Å². The summed E-state index contributed by atoms with van der Waals surface area (Å²) in [5.74, 6) is -4.64. The Kier molecular flexibility index (Phi) is 3.11. The van der Waals surface area contributed by atoms with Crippen LogP contribution in [0.3, 0.4) is 0 Å². The van der Waals surface area contributed by atoms with Crippen LogP contribution in [0.1, 0.15) is 12.0 Å². The monoisotopic (exact) mass is 203 g/mol. The Morgan fingerprint density at radius 2 is 1.86 bits per heavy atom. The van der Waals surface area contributed by atoms with Gasteiger partial charge in [0.2, 0.25) is 5.91 Å². The van der Waals surface area contributed by atoms with Gasteiger partial charge in [0.1, 0.15) is 0 Å². The van der Waals surface area contributed by atoms with E-state index in [0.717, 1.165) is 12.1 Å². The Balaban J connectivity index is 2.88. The van der Waals surface area contributed by atoms with E-state index in [1.54, 1.807) is 0 Å². The van der Waals surface area contributed by atoms with Crippen LogP contribution in [0.25, 0.3) is 0 Å². The maximum absolute atomic E-state index is 12.9. The van der Waals surface area contributed by atoms with Crippen molar-refractivity contribution in [2.75, 3.05) is 0 Å². The average Bonchev–Trinajstić information content (AvgIpc) is 2.13. The molecule has 0 saturated carbocycles. The number of hydrogen-bond donors (Lipinski definition) is 1. The van der Waals surface area contributed by atoms with Gasteiger partial charge in [-0.3, -0.25) is 4.79 Å². The van der Waals surface area contributed by atoms with Crippen LogP contribution in [0.15, 0.2) is 12.1 Å². The van der Waals surface area contributed by atoms with Crippen LogP contribution in [-0.2, 0) is 11.2 Å². The number of primary amides is 1. The molecule has 0 radical (unpaired) electrons. The van der Waals surface area contributed by atoms with Crippen LogP contribution in [0.4, 0.5) is 13.2 Å². The van der Waals surface area contributed by atoms with Crippen LogP contribution in [0, 0.1) is 17.5 Å². The number of rotatable bonds is 3. The number of nitrogens with two attached hydrogens (primary N) is 1. The number of aryl methyl sites for hydroxylation is 1. The van der Waals surface area contributed by atoms with Crippen molar-refractivity contribution in [3.63, 3.8) is 0 Å². The number of carbonyl (C=O) groups excluding carboxylic acids is 1. The van der Waals surface area contributed by atoms with Gasteiger partial charge in [-0.1, -0.05) is 6.07 Å². The molecule has 0 heterocycles. The lowest BCUT2D eigenvalue weighted by atomic mass is 10.1. The highest BCUT2D eigenvalue weighted by Gasteiger charge is 2.13. The summed E-state index contributed by atoms with van der Waals surface area (Å²) in [5.41, 5.74) is 4.78. The first-order chi connectivity index (χ1) is 6.52. The molecule has 0 aliphatic heterocycles. The van der Waals surface area contributed by atoms with Gasteiger partial charge >= 0.3 is 0 Å². The Morgan fingerprint density at radius 3 is 2.43 bits per heavy atom. The van der Waals surface area contributed by atoms with Crippen LogP contribution in [-0.4, -0.2) is 5.91 Å². The zero-order chi connectivity index (χ0) is 10.7. The maximum atomic E-state index is 12.9. The molecule has 0 bridgehead atoms. The van der Waals surface area contributed by atoms with E-state index in [0.29, 0.717) is 0 Å². The first-order valence-corrected chi connectivity index (χ1v) is 3.93. The standard InChI is InChI=1S/C9H8F3NO/c10-6-3-1-5(2-4-7(13)14)8(11)9(6)12/h1,3H,2,4H2,(H2,13,14). The van der Waals surface area contributed by atoms with Gasteiger partial charge < -0.3 is 5.73 Å². The van der Waals surface area contributed by atoms with Gasteiger partial charge in [0.25, 0.3) is 0 Å². The third-order valence-corrected chi connectivity index (χ3v) is 1.76. The highest BCUT2D eigenvalue weighted by molar-refractivity contribution is 5.74. The smallest absolute Gasteiger partial charge is 0.217 e. The van der Waals surface area contributed by atoms with E-state index in [4.69, 9.17) is 5.73 Å². The predicted octanol–water partition coefficient (Wildman–Crippen LogP) is 1.52. The van der Waals surface area contributed by atoms with Gasteiger partial charge in [-0.15, -0.1) is 0 Å². The molecule has 0 saturated heterocycles. The van der Waals surface area contributed by atoms with Crippen molar-refractivity contribution in [1.29, 1.82) is 0 Å². The highest BCUT2D eigenvalue weighted by atomic mass is 19.2. The summed E-state index contributed by atoms with van der Waals surface area (Å²) in [6.07, 6.45) is -0.125. The molecule has 0 aliphatic carbocycles. The minimum absolute atomic E-state index is 0.0294. The molecular weight excluding hydrogens is 195 g/mol. The van der Waals surface area contributed by atoms with Crippen LogP contribution >= 0.6 is 0 Å². The van der Waals surface area contributed by atoms with Crippen LogP contribution in [0.5, 0.6) is 0 Å². The lowest BCUT2D eigenvalue weighted by Gasteiger charge is -2.02. The molecule has 1 amide bonds. The van der Waals surface area contributed by atoms with Crippen molar-refractivity contribution in [2.45, 2.75) is 12.8 Å². The second-order valence-corrected chi connectivity index (χ2v) is 2.80. The highest BCUT2D eigenvalue weighted by Crippen LogP contribution is 2.16. The van der Waals surface area contributed by atoms with E-state index in [1.165, 1.54) is 0 Å². The molecule has 14 heavy (non-hydrogen) atoms. The van der Waals surface area contributed by atoms with Crippen molar-refractivity contribution in [1.82, 2.24) is 0 Å². The molecule has 0 spiro atoms. The first kappa shape index (κ1) is 10.6. The van der Waals surface area contributed by atoms with E-state index in [-0.39, 0.29) is 18.4 Å². The Morgan fingerprint density at radius 1 is 1.21 bits per heavy atom. The third kappa shape index (κ3) is 2.25. The number of halogens is 3. The fraction of sp³-hybridized carbons (Fsp3) is 0.222. The normalized spacial score (nSPS) is 10.2. The summed E-state index contributed by atoms with van der Waals surface area (Å²) >= 11 is 0. The summed E-state index contributed by atoms with van der Waals surface area (Å²) in [4.78, 5) is 10.4. The summed E-state index contributed by atoms with van der Waals surface area (Å²) in [6.45, 7) is 0. The minimum Gasteiger partial charge on any atom is -0.370 e. The number of benzene rings is 1. The van der Waals surface area contributed by atoms with E-state index >= 15 is 0 Å². The Hall–Kier alpha value is -1.52. The first-order valence-electron chi connectivity index (χ1n) is 3.93. The van der Waals surface area contributed by atoms with Gasteiger partial charge in [0.05, 0.1) is 0 Å². The summed E-state index contributed by atoms with van der Waals surface area (Å²) in [5, 5.41) is 0. The molecule has 0 aliphatic rings. The van der Waals surface area contributed by atoms with Gasteiger partial charge in [0, 0.05) is 6.42 Å². The third-order valence-electron chi connectivity index (χ3n) is 1.76. The average molecular weight is 203 g/mol. The number of carbonyl (C=O) groups is 1. The van der Waals surface area contributed by atoms with Crippen LogP contribution < -0.4 is 5.73 Å². The molecule has 0 aromatic heterocycles. The van der Waals surface area contributed by atoms with Crippen LogP contribution in [0.2, 0.25) is 0 Å². The molecule has 0 fully saturated rings. The molecule has 5 heteroatoms.